The summed E-state index contributed by atoms with van der Waals surface area (Å²) in [5.74, 6) is -1.09. The summed E-state index contributed by atoms with van der Waals surface area (Å²) >= 11 is 0. The number of para-hydroxylation sites is 1. The Morgan fingerprint density at radius 2 is 1.81 bits per heavy atom. The van der Waals surface area contributed by atoms with Crippen LogP contribution in [0.4, 0.5) is 5.69 Å². The molecule has 7 nitrogen and oxygen atoms in total. The van der Waals surface area contributed by atoms with Gasteiger partial charge in [-0.15, -0.1) is 16.8 Å². The van der Waals surface area contributed by atoms with Crippen molar-refractivity contribution in [3.05, 3.63) is 72.8 Å². The number of allylic oxidation sites excluding steroid dienone is 1. The van der Waals surface area contributed by atoms with Crippen LogP contribution < -0.4 is 5.32 Å². The average Bonchev–Trinajstić information content (AvgIpc) is 2.97. The Hall–Kier alpha value is -3.74. The third kappa shape index (κ3) is 3.92. The minimum atomic E-state index is -0.626. The first-order valence-corrected chi connectivity index (χ1v) is 8.30. The van der Waals surface area contributed by atoms with Gasteiger partial charge in [-0.05, 0) is 18.2 Å². The number of carbonyl (C=O) groups excluding carboxylic acids is 2. The molecule has 0 aliphatic rings. The molecule has 0 radical (unpaired) electrons. The van der Waals surface area contributed by atoms with E-state index in [2.05, 4.69) is 22.1 Å². The summed E-state index contributed by atoms with van der Waals surface area (Å²) in [7, 11) is 0. The van der Waals surface area contributed by atoms with Gasteiger partial charge < -0.3 is 15.0 Å². The normalized spacial score (nSPS) is 11.0. The van der Waals surface area contributed by atoms with Crippen molar-refractivity contribution < 1.29 is 14.7 Å². The number of benzene rings is 2. The van der Waals surface area contributed by atoms with Crippen LogP contribution in [-0.4, -0.2) is 28.0 Å². The van der Waals surface area contributed by atoms with E-state index in [-0.39, 0.29) is 24.0 Å². The van der Waals surface area contributed by atoms with Crippen molar-refractivity contribution in [2.24, 2.45) is 10.2 Å². The van der Waals surface area contributed by atoms with Crippen LogP contribution in [0.5, 0.6) is 5.88 Å². The molecule has 3 rings (SSSR count). The van der Waals surface area contributed by atoms with Crippen LogP contribution in [0.25, 0.3) is 10.9 Å². The molecule has 0 aliphatic carbocycles. The minimum absolute atomic E-state index is 0.0963. The van der Waals surface area contributed by atoms with Crippen molar-refractivity contribution in [2.75, 3.05) is 6.54 Å². The predicted octanol–water partition coefficient (Wildman–Crippen LogP) is 3.57. The minimum Gasteiger partial charge on any atom is -0.493 e. The second kappa shape index (κ2) is 8.09. The second-order valence-electron chi connectivity index (χ2n) is 5.73. The van der Waals surface area contributed by atoms with Crippen molar-refractivity contribution in [1.29, 1.82) is 0 Å². The first kappa shape index (κ1) is 18.1. The maximum Gasteiger partial charge on any atom is 0.283 e. The average molecular weight is 362 g/mol. The van der Waals surface area contributed by atoms with E-state index >= 15 is 0 Å². The lowest BCUT2D eigenvalue weighted by Crippen LogP contribution is -2.28. The number of aromatic hydroxyl groups is 1. The van der Waals surface area contributed by atoms with E-state index in [4.69, 9.17) is 0 Å². The van der Waals surface area contributed by atoms with Gasteiger partial charge in [0, 0.05) is 17.5 Å². The van der Waals surface area contributed by atoms with E-state index in [0.717, 1.165) is 5.52 Å². The molecule has 1 aromatic heterocycles. The summed E-state index contributed by atoms with van der Waals surface area (Å²) in [6, 6.07) is 15.8. The van der Waals surface area contributed by atoms with Gasteiger partial charge in [0.15, 0.2) is 5.69 Å². The molecule has 0 fully saturated rings. The van der Waals surface area contributed by atoms with Gasteiger partial charge in [0.2, 0.25) is 5.88 Å². The van der Waals surface area contributed by atoms with E-state index in [9.17, 15) is 14.7 Å². The molecule has 27 heavy (non-hydrogen) atoms. The molecule has 0 saturated heterocycles. The third-order valence-electron chi connectivity index (χ3n) is 3.93. The molecule has 0 bridgehead atoms. The fourth-order valence-electron chi connectivity index (χ4n) is 2.67. The predicted molar refractivity (Wildman–Crippen MR) is 102 cm³/mol. The standard InChI is InChI=1S/C20H18N4O3/c1-2-12-24-16-11-7-6-10-15(16)18(20(24)27)23-22-17(25)13-21-19(26)14-8-4-3-5-9-14/h2-11,27H,1,12-13H2,(H,21,26). The molecule has 3 aromatic rings. The molecule has 2 N–H and O–H groups in total. The highest BCUT2D eigenvalue weighted by Crippen LogP contribution is 2.38. The zero-order valence-corrected chi connectivity index (χ0v) is 14.5. The Labute approximate surface area is 155 Å². The van der Waals surface area contributed by atoms with Crippen molar-refractivity contribution in [1.82, 2.24) is 9.88 Å². The lowest BCUT2D eigenvalue weighted by atomic mass is 10.2. The van der Waals surface area contributed by atoms with Gasteiger partial charge in [0.25, 0.3) is 11.8 Å². The highest BCUT2D eigenvalue weighted by Gasteiger charge is 2.16. The Kier molecular flexibility index (Phi) is 5.41. The SMILES string of the molecule is C=CCn1c(O)c(N=NC(=O)CNC(=O)c2ccccc2)c2ccccc21. The van der Waals surface area contributed by atoms with E-state index < -0.39 is 5.91 Å². The first-order chi connectivity index (χ1) is 13.1. The van der Waals surface area contributed by atoms with Gasteiger partial charge in [0.1, 0.15) is 6.54 Å². The Balaban J connectivity index is 1.74. The molecule has 0 aliphatic heterocycles. The number of amides is 2. The van der Waals surface area contributed by atoms with Gasteiger partial charge in [-0.2, -0.15) is 0 Å². The smallest absolute Gasteiger partial charge is 0.283 e. The number of fused-ring (bicyclic) bond motifs is 1. The van der Waals surface area contributed by atoms with Crippen LogP contribution in [-0.2, 0) is 11.3 Å². The number of aromatic nitrogens is 1. The van der Waals surface area contributed by atoms with E-state index in [1.54, 1.807) is 53.1 Å². The van der Waals surface area contributed by atoms with Gasteiger partial charge in [-0.3, -0.25) is 9.59 Å². The van der Waals surface area contributed by atoms with Crippen molar-refractivity contribution in [2.45, 2.75) is 6.54 Å². The van der Waals surface area contributed by atoms with Crippen LogP contribution >= 0.6 is 0 Å². The summed E-state index contributed by atoms with van der Waals surface area (Å²) in [4.78, 5) is 23.9. The lowest BCUT2D eigenvalue weighted by Gasteiger charge is -2.02. The monoisotopic (exact) mass is 362 g/mol. The van der Waals surface area contributed by atoms with Crippen molar-refractivity contribution in [3.63, 3.8) is 0 Å². The highest BCUT2D eigenvalue weighted by molar-refractivity contribution is 5.97. The number of hydrogen-bond donors (Lipinski definition) is 2. The number of carbonyl (C=O) groups is 2. The number of nitrogens with one attached hydrogen (secondary N) is 1. The molecule has 0 spiro atoms. The van der Waals surface area contributed by atoms with Crippen LogP contribution in [0.1, 0.15) is 10.4 Å². The summed E-state index contributed by atoms with van der Waals surface area (Å²) in [6.07, 6.45) is 1.65. The molecule has 0 atom stereocenters. The fraction of sp³-hybridized carbons (Fsp3) is 0.100. The second-order valence-corrected chi connectivity index (χ2v) is 5.73. The lowest BCUT2D eigenvalue weighted by molar-refractivity contribution is -0.117. The number of hydrogen-bond acceptors (Lipinski definition) is 4. The number of azo groups is 1. The molecule has 2 amide bonds. The molecule has 7 heteroatoms. The zero-order chi connectivity index (χ0) is 19.2. The fourth-order valence-corrected chi connectivity index (χ4v) is 2.67. The van der Waals surface area contributed by atoms with Gasteiger partial charge in [-0.25, -0.2) is 0 Å². The Morgan fingerprint density at radius 3 is 2.56 bits per heavy atom. The van der Waals surface area contributed by atoms with E-state index in [1.165, 1.54) is 0 Å². The van der Waals surface area contributed by atoms with Crippen LogP contribution in [0, 0.1) is 0 Å². The number of rotatable bonds is 6. The molecular weight excluding hydrogens is 344 g/mol. The van der Waals surface area contributed by atoms with Crippen LogP contribution in [0.15, 0.2) is 77.5 Å². The maximum atomic E-state index is 12.0. The van der Waals surface area contributed by atoms with E-state index in [0.29, 0.717) is 17.5 Å². The summed E-state index contributed by atoms with van der Waals surface area (Å²) < 4.78 is 1.62. The Bertz CT molecular complexity index is 1020. The summed E-state index contributed by atoms with van der Waals surface area (Å²) in [5, 5.41) is 21.1. The maximum absolute atomic E-state index is 12.0. The number of nitrogens with zero attached hydrogens (tertiary/aromatic N) is 3. The van der Waals surface area contributed by atoms with E-state index in [1.807, 2.05) is 12.1 Å². The first-order valence-electron chi connectivity index (χ1n) is 8.30. The summed E-state index contributed by atoms with van der Waals surface area (Å²) in [6.45, 7) is 3.78. The largest absolute Gasteiger partial charge is 0.493 e. The molecule has 0 saturated carbocycles. The molecular formula is C20H18N4O3. The van der Waals surface area contributed by atoms with Crippen molar-refractivity contribution >= 4 is 28.4 Å². The van der Waals surface area contributed by atoms with Gasteiger partial charge >= 0.3 is 0 Å². The van der Waals surface area contributed by atoms with Crippen molar-refractivity contribution in [3.8, 4) is 5.88 Å². The third-order valence-corrected chi connectivity index (χ3v) is 3.93. The topological polar surface area (TPSA) is 96.0 Å². The molecule has 1 heterocycles. The zero-order valence-electron chi connectivity index (χ0n) is 14.5. The molecule has 0 unspecified atom stereocenters. The quantitative estimate of drug-likeness (QED) is 0.518. The highest BCUT2D eigenvalue weighted by atomic mass is 16.3. The van der Waals surface area contributed by atoms with Crippen LogP contribution in [0.3, 0.4) is 0 Å². The molecule has 2 aromatic carbocycles. The Morgan fingerprint density at radius 1 is 1.11 bits per heavy atom. The van der Waals surface area contributed by atoms with Gasteiger partial charge in [-0.1, -0.05) is 42.5 Å². The summed E-state index contributed by atoms with van der Waals surface area (Å²) in [5.41, 5.74) is 1.41. The van der Waals surface area contributed by atoms with Crippen LogP contribution in [0.2, 0.25) is 0 Å². The van der Waals surface area contributed by atoms with Gasteiger partial charge in [0.05, 0.1) is 5.52 Å². The molecule has 136 valence electrons.